The number of aromatic nitrogens is 3. The highest BCUT2D eigenvalue weighted by Gasteiger charge is 2.18. The smallest absolute Gasteiger partial charge is 0.283 e. The second kappa shape index (κ2) is 5.43. The van der Waals surface area contributed by atoms with Gasteiger partial charge in [0.2, 0.25) is 16.9 Å². The van der Waals surface area contributed by atoms with Gasteiger partial charge in [0.1, 0.15) is 0 Å². The first-order valence-electron chi connectivity index (χ1n) is 8.05. The molecule has 8 heteroatoms. The van der Waals surface area contributed by atoms with Crippen molar-refractivity contribution in [3.63, 3.8) is 0 Å². The molecule has 7 nitrogen and oxygen atoms in total. The molecule has 1 N–H and O–H groups in total. The lowest BCUT2D eigenvalue weighted by Gasteiger charge is -2.04. The van der Waals surface area contributed by atoms with E-state index in [2.05, 4.69) is 21.5 Å². The molecule has 0 radical (unpaired) electrons. The van der Waals surface area contributed by atoms with Crippen LogP contribution in [-0.2, 0) is 0 Å². The van der Waals surface area contributed by atoms with Gasteiger partial charge in [0.25, 0.3) is 5.56 Å². The number of rotatable bonds is 2. The van der Waals surface area contributed by atoms with Crippen molar-refractivity contribution in [2.24, 2.45) is 0 Å². The Morgan fingerprint density at radius 3 is 2.58 bits per heavy atom. The molecular formula is C18H14N4O3S. The Morgan fingerprint density at radius 1 is 1.08 bits per heavy atom. The number of hydrogen-bond acceptors (Lipinski definition) is 7. The first kappa shape index (κ1) is 15.2. The van der Waals surface area contributed by atoms with Crippen molar-refractivity contribution in [3.05, 3.63) is 51.8 Å². The van der Waals surface area contributed by atoms with E-state index in [9.17, 15) is 4.79 Å². The number of nitrogens with zero attached hydrogens (tertiary/aromatic N) is 3. The van der Waals surface area contributed by atoms with Crippen LogP contribution in [0, 0.1) is 13.8 Å². The second-order valence-corrected chi connectivity index (χ2v) is 7.20. The summed E-state index contributed by atoms with van der Waals surface area (Å²) < 4.78 is 12.0. The molecule has 130 valence electrons. The van der Waals surface area contributed by atoms with Crippen molar-refractivity contribution in [1.82, 2.24) is 14.6 Å². The van der Waals surface area contributed by atoms with Crippen molar-refractivity contribution in [1.29, 1.82) is 0 Å². The maximum atomic E-state index is 12.8. The third kappa shape index (κ3) is 2.38. The summed E-state index contributed by atoms with van der Waals surface area (Å²) in [7, 11) is 0. The maximum Gasteiger partial charge on any atom is 0.283 e. The molecule has 26 heavy (non-hydrogen) atoms. The maximum absolute atomic E-state index is 12.8. The summed E-state index contributed by atoms with van der Waals surface area (Å²) in [6, 6.07) is 9.56. The summed E-state index contributed by atoms with van der Waals surface area (Å²) in [5.41, 5.74) is 3.59. The zero-order valence-corrected chi connectivity index (χ0v) is 14.9. The minimum Gasteiger partial charge on any atom is -0.454 e. The van der Waals surface area contributed by atoms with E-state index < -0.39 is 0 Å². The Hall–Kier alpha value is -3.13. The van der Waals surface area contributed by atoms with Gasteiger partial charge in [0.15, 0.2) is 11.5 Å². The van der Waals surface area contributed by atoms with Gasteiger partial charge >= 0.3 is 0 Å². The van der Waals surface area contributed by atoms with Crippen LogP contribution in [0.4, 0.5) is 10.8 Å². The van der Waals surface area contributed by atoms with Crippen molar-refractivity contribution in [2.75, 3.05) is 12.1 Å². The number of ether oxygens (including phenoxy) is 2. The average molecular weight is 366 g/mol. The van der Waals surface area contributed by atoms with Crippen molar-refractivity contribution >= 4 is 38.0 Å². The van der Waals surface area contributed by atoms with E-state index >= 15 is 0 Å². The molecule has 0 saturated heterocycles. The predicted octanol–water partition coefficient (Wildman–Crippen LogP) is 3.39. The van der Waals surface area contributed by atoms with Crippen LogP contribution in [0.5, 0.6) is 11.5 Å². The van der Waals surface area contributed by atoms with Crippen LogP contribution < -0.4 is 20.3 Å². The van der Waals surface area contributed by atoms with Crippen LogP contribution in [0.15, 0.2) is 35.1 Å². The fourth-order valence-corrected chi connectivity index (χ4v) is 3.94. The van der Waals surface area contributed by atoms with E-state index in [1.807, 2.05) is 26.0 Å². The molecule has 0 aliphatic carbocycles. The molecule has 0 spiro atoms. The van der Waals surface area contributed by atoms with Crippen LogP contribution in [0.1, 0.15) is 11.1 Å². The zero-order chi connectivity index (χ0) is 17.8. The summed E-state index contributed by atoms with van der Waals surface area (Å²) in [4.78, 5) is 17.9. The van der Waals surface area contributed by atoms with Gasteiger partial charge in [-0.15, -0.1) is 5.10 Å². The summed E-state index contributed by atoms with van der Waals surface area (Å²) >= 11 is 1.32. The number of fused-ring (bicyclic) bond motifs is 3. The van der Waals surface area contributed by atoms with Crippen LogP contribution >= 0.6 is 11.3 Å². The fourth-order valence-electron chi connectivity index (χ4n) is 3.12. The van der Waals surface area contributed by atoms with Crippen molar-refractivity contribution in [2.45, 2.75) is 13.8 Å². The average Bonchev–Trinajstić information content (AvgIpc) is 3.18. The highest BCUT2D eigenvalue weighted by molar-refractivity contribution is 7.20. The summed E-state index contributed by atoms with van der Waals surface area (Å²) in [5, 5.41) is 8.71. The van der Waals surface area contributed by atoms with Gasteiger partial charge in [0, 0.05) is 11.8 Å². The highest BCUT2D eigenvalue weighted by Crippen LogP contribution is 2.35. The largest absolute Gasteiger partial charge is 0.454 e. The molecule has 5 rings (SSSR count). The first-order chi connectivity index (χ1) is 12.6. The van der Waals surface area contributed by atoms with Gasteiger partial charge in [-0.3, -0.25) is 4.79 Å². The molecule has 0 unspecified atom stereocenters. The lowest BCUT2D eigenvalue weighted by Crippen LogP contribution is -2.15. The highest BCUT2D eigenvalue weighted by atomic mass is 32.1. The van der Waals surface area contributed by atoms with E-state index in [0.717, 1.165) is 16.8 Å². The first-order valence-corrected chi connectivity index (χ1v) is 8.87. The minimum atomic E-state index is -0.229. The van der Waals surface area contributed by atoms with Gasteiger partial charge in [0.05, 0.1) is 10.9 Å². The van der Waals surface area contributed by atoms with Gasteiger partial charge in [-0.25, -0.2) is 4.98 Å². The number of benzene rings is 2. The normalized spacial score (nSPS) is 12.8. The van der Waals surface area contributed by atoms with Crippen molar-refractivity contribution < 1.29 is 9.47 Å². The standard InChI is InChI=1S/C18H14N4O3S/c1-9-3-10(2)5-11(4-9)19-17-21-22-16(23)12-6-14-15(25-8-24-14)7-13(12)20-18(22)26-17/h3-7H,8H2,1-2H3,(H,19,21). The number of hydrogen-bond donors (Lipinski definition) is 1. The molecule has 2 aromatic heterocycles. The van der Waals surface area contributed by atoms with Gasteiger partial charge < -0.3 is 14.8 Å². The van der Waals surface area contributed by atoms with Gasteiger partial charge in [-0.1, -0.05) is 17.4 Å². The molecule has 1 aliphatic heterocycles. The minimum absolute atomic E-state index is 0.156. The molecule has 0 saturated carbocycles. The Kier molecular flexibility index (Phi) is 3.17. The quantitative estimate of drug-likeness (QED) is 0.586. The molecule has 0 amide bonds. The molecule has 2 aromatic carbocycles. The SMILES string of the molecule is Cc1cc(C)cc(Nc2nn3c(=O)c4cc5c(cc4nc3s2)OCO5)c1. The summed E-state index contributed by atoms with van der Waals surface area (Å²) in [5.74, 6) is 1.16. The van der Waals surface area contributed by atoms with Crippen LogP contribution in [0.2, 0.25) is 0 Å². The van der Waals surface area contributed by atoms with E-state index in [1.165, 1.54) is 15.9 Å². The van der Waals surface area contributed by atoms with Crippen LogP contribution in [0.25, 0.3) is 15.9 Å². The molecule has 0 bridgehead atoms. The molecule has 0 atom stereocenters. The Morgan fingerprint density at radius 2 is 1.81 bits per heavy atom. The number of anilines is 2. The van der Waals surface area contributed by atoms with Crippen LogP contribution in [-0.4, -0.2) is 21.4 Å². The zero-order valence-electron chi connectivity index (χ0n) is 14.1. The fraction of sp³-hybridized carbons (Fsp3) is 0.167. The number of nitrogens with one attached hydrogen (secondary N) is 1. The molecular weight excluding hydrogens is 352 g/mol. The van der Waals surface area contributed by atoms with E-state index in [4.69, 9.17) is 9.47 Å². The second-order valence-electron chi connectivity index (χ2n) is 6.24. The lowest BCUT2D eigenvalue weighted by molar-refractivity contribution is 0.174. The van der Waals surface area contributed by atoms with Crippen molar-refractivity contribution in [3.8, 4) is 11.5 Å². The predicted molar refractivity (Wildman–Crippen MR) is 100.0 cm³/mol. The summed E-state index contributed by atoms with van der Waals surface area (Å²) in [6.45, 7) is 4.24. The third-order valence-electron chi connectivity index (χ3n) is 4.16. The van der Waals surface area contributed by atoms with E-state index in [0.29, 0.717) is 32.5 Å². The topological polar surface area (TPSA) is 77.8 Å². The molecule has 3 heterocycles. The number of aryl methyl sites for hydroxylation is 2. The molecule has 4 aromatic rings. The summed E-state index contributed by atoms with van der Waals surface area (Å²) in [6.07, 6.45) is 0. The van der Waals surface area contributed by atoms with Gasteiger partial charge in [-0.05, 0) is 43.2 Å². The van der Waals surface area contributed by atoms with Crippen LogP contribution in [0.3, 0.4) is 0 Å². The van der Waals surface area contributed by atoms with E-state index in [1.54, 1.807) is 12.1 Å². The van der Waals surface area contributed by atoms with E-state index in [-0.39, 0.29) is 12.4 Å². The third-order valence-corrected chi connectivity index (χ3v) is 4.99. The lowest BCUT2D eigenvalue weighted by atomic mass is 10.1. The Bertz CT molecular complexity index is 1220. The Labute approximate surface area is 151 Å². The molecule has 1 aliphatic rings. The molecule has 0 fully saturated rings. The monoisotopic (exact) mass is 366 g/mol. The van der Waals surface area contributed by atoms with Gasteiger partial charge in [-0.2, -0.15) is 4.52 Å². The Balaban J connectivity index is 1.64.